The molecule has 0 saturated heterocycles. The summed E-state index contributed by atoms with van der Waals surface area (Å²) in [6, 6.07) is 0.325. The molecule has 0 saturated carbocycles. The molecule has 0 bridgehead atoms. The summed E-state index contributed by atoms with van der Waals surface area (Å²) in [5.74, 6) is 1.56. The number of nitrogens with one attached hydrogen (secondary N) is 2. The number of aromatic nitrogens is 4. The monoisotopic (exact) mass is 268 g/mol. The summed E-state index contributed by atoms with van der Waals surface area (Å²) in [6.07, 6.45) is 0. The standard InChI is InChI=1S/C10H16N6O3/c1-7-13-8(16-19-7)5-12-10-15-14-9(18-10)6-11-3-4-17-2/h11H,3-6H2,1-2H3,(H,12,15). The van der Waals surface area contributed by atoms with Gasteiger partial charge in [0.1, 0.15) is 0 Å². The lowest BCUT2D eigenvalue weighted by atomic mass is 10.6. The Bertz CT molecular complexity index is 497. The lowest BCUT2D eigenvalue weighted by molar-refractivity contribution is 0.198. The van der Waals surface area contributed by atoms with Crippen LogP contribution in [0, 0.1) is 6.92 Å². The van der Waals surface area contributed by atoms with Crippen molar-refractivity contribution in [3.05, 3.63) is 17.6 Å². The number of nitrogens with zero attached hydrogens (tertiary/aromatic N) is 4. The summed E-state index contributed by atoms with van der Waals surface area (Å²) >= 11 is 0. The van der Waals surface area contributed by atoms with Gasteiger partial charge in [-0.05, 0) is 0 Å². The maximum absolute atomic E-state index is 5.37. The first kappa shape index (κ1) is 13.4. The first-order chi connectivity index (χ1) is 9.28. The molecule has 0 amide bonds. The quantitative estimate of drug-likeness (QED) is 0.644. The SMILES string of the molecule is COCCNCc1nnc(NCc2noc(C)n2)o1. The van der Waals surface area contributed by atoms with Crippen molar-refractivity contribution in [1.82, 2.24) is 25.7 Å². The van der Waals surface area contributed by atoms with E-state index >= 15 is 0 Å². The minimum Gasteiger partial charge on any atom is -0.407 e. The van der Waals surface area contributed by atoms with E-state index in [1.165, 1.54) is 0 Å². The number of anilines is 1. The van der Waals surface area contributed by atoms with Gasteiger partial charge >= 0.3 is 6.01 Å². The minimum absolute atomic E-state index is 0.325. The van der Waals surface area contributed by atoms with E-state index in [-0.39, 0.29) is 0 Å². The number of ether oxygens (including phenoxy) is 1. The fraction of sp³-hybridized carbons (Fsp3) is 0.600. The van der Waals surface area contributed by atoms with Gasteiger partial charge in [-0.15, -0.1) is 5.10 Å². The number of methoxy groups -OCH3 is 1. The van der Waals surface area contributed by atoms with Gasteiger partial charge < -0.3 is 24.3 Å². The number of rotatable bonds is 8. The summed E-state index contributed by atoms with van der Waals surface area (Å²) in [7, 11) is 1.65. The van der Waals surface area contributed by atoms with E-state index in [2.05, 4.69) is 31.0 Å². The van der Waals surface area contributed by atoms with Crippen molar-refractivity contribution in [1.29, 1.82) is 0 Å². The Morgan fingerprint density at radius 3 is 2.89 bits per heavy atom. The van der Waals surface area contributed by atoms with Crippen LogP contribution in [0.2, 0.25) is 0 Å². The molecular formula is C10H16N6O3. The van der Waals surface area contributed by atoms with Crippen LogP contribution >= 0.6 is 0 Å². The Morgan fingerprint density at radius 2 is 2.16 bits per heavy atom. The second kappa shape index (κ2) is 6.81. The highest BCUT2D eigenvalue weighted by atomic mass is 16.5. The molecule has 0 aliphatic carbocycles. The smallest absolute Gasteiger partial charge is 0.315 e. The van der Waals surface area contributed by atoms with Gasteiger partial charge in [0.05, 0.1) is 19.7 Å². The summed E-state index contributed by atoms with van der Waals surface area (Å²) in [4.78, 5) is 4.05. The Balaban J connectivity index is 1.74. The first-order valence-corrected chi connectivity index (χ1v) is 5.83. The predicted octanol–water partition coefficient (Wildman–Crippen LogP) is 0.109. The second-order valence-electron chi connectivity index (χ2n) is 3.75. The lowest BCUT2D eigenvalue weighted by Gasteiger charge is -1.99. The third-order valence-corrected chi connectivity index (χ3v) is 2.19. The van der Waals surface area contributed by atoms with Crippen LogP contribution in [-0.4, -0.2) is 40.6 Å². The van der Waals surface area contributed by atoms with Crippen LogP contribution in [0.25, 0.3) is 0 Å². The first-order valence-electron chi connectivity index (χ1n) is 5.83. The summed E-state index contributed by atoms with van der Waals surface area (Å²) in [5.41, 5.74) is 0. The fourth-order valence-electron chi connectivity index (χ4n) is 1.33. The van der Waals surface area contributed by atoms with Crippen molar-refractivity contribution in [2.24, 2.45) is 0 Å². The molecule has 0 radical (unpaired) electrons. The van der Waals surface area contributed by atoms with E-state index in [1.54, 1.807) is 14.0 Å². The molecule has 0 unspecified atom stereocenters. The van der Waals surface area contributed by atoms with Crippen molar-refractivity contribution in [2.75, 3.05) is 25.6 Å². The molecule has 0 aliphatic heterocycles. The minimum atomic E-state index is 0.325. The zero-order valence-electron chi connectivity index (χ0n) is 10.8. The Morgan fingerprint density at radius 1 is 1.26 bits per heavy atom. The Hall–Kier alpha value is -2.00. The fourth-order valence-corrected chi connectivity index (χ4v) is 1.33. The van der Waals surface area contributed by atoms with Gasteiger partial charge in [0.2, 0.25) is 11.8 Å². The highest BCUT2D eigenvalue weighted by Gasteiger charge is 2.07. The molecule has 9 nitrogen and oxygen atoms in total. The topological polar surface area (TPSA) is 111 Å². The number of hydrogen-bond donors (Lipinski definition) is 2. The van der Waals surface area contributed by atoms with Crippen molar-refractivity contribution in [3.8, 4) is 0 Å². The van der Waals surface area contributed by atoms with Crippen molar-refractivity contribution in [3.63, 3.8) is 0 Å². The molecule has 9 heteroatoms. The van der Waals surface area contributed by atoms with Crippen molar-refractivity contribution in [2.45, 2.75) is 20.0 Å². The molecule has 2 rings (SSSR count). The summed E-state index contributed by atoms with van der Waals surface area (Å²) in [5, 5.41) is 17.5. The van der Waals surface area contributed by atoms with Crippen LogP contribution in [0.1, 0.15) is 17.6 Å². The van der Waals surface area contributed by atoms with Crippen LogP contribution in [0.15, 0.2) is 8.94 Å². The van der Waals surface area contributed by atoms with Crippen LogP contribution in [0.3, 0.4) is 0 Å². The van der Waals surface area contributed by atoms with E-state index in [0.717, 1.165) is 6.54 Å². The highest BCUT2D eigenvalue weighted by Crippen LogP contribution is 2.06. The molecule has 0 spiro atoms. The van der Waals surface area contributed by atoms with E-state index < -0.39 is 0 Å². The molecule has 2 aromatic heterocycles. The molecule has 0 aliphatic rings. The van der Waals surface area contributed by atoms with E-state index in [4.69, 9.17) is 13.7 Å². The van der Waals surface area contributed by atoms with Gasteiger partial charge in [0.25, 0.3) is 0 Å². The molecule has 104 valence electrons. The molecule has 2 aromatic rings. The van der Waals surface area contributed by atoms with Crippen LogP contribution in [-0.2, 0) is 17.8 Å². The maximum Gasteiger partial charge on any atom is 0.315 e. The van der Waals surface area contributed by atoms with Gasteiger partial charge in [-0.25, -0.2) is 0 Å². The van der Waals surface area contributed by atoms with E-state index in [0.29, 0.717) is 43.3 Å². The van der Waals surface area contributed by atoms with Gasteiger partial charge in [0, 0.05) is 20.6 Å². The Labute approximate surface area is 109 Å². The maximum atomic E-state index is 5.37. The van der Waals surface area contributed by atoms with Crippen molar-refractivity contribution >= 4 is 6.01 Å². The highest BCUT2D eigenvalue weighted by molar-refractivity contribution is 5.17. The number of aryl methyl sites for hydroxylation is 1. The van der Waals surface area contributed by atoms with E-state index in [1.807, 2.05) is 0 Å². The third-order valence-electron chi connectivity index (χ3n) is 2.19. The van der Waals surface area contributed by atoms with E-state index in [9.17, 15) is 0 Å². The van der Waals surface area contributed by atoms with Crippen LogP contribution in [0.4, 0.5) is 6.01 Å². The predicted molar refractivity (Wildman–Crippen MR) is 64.2 cm³/mol. The molecule has 2 heterocycles. The Kier molecular flexibility index (Phi) is 4.81. The van der Waals surface area contributed by atoms with Gasteiger partial charge in [-0.3, -0.25) is 0 Å². The summed E-state index contributed by atoms with van der Waals surface area (Å²) in [6.45, 7) is 3.96. The average Bonchev–Trinajstić information content (AvgIpc) is 3.01. The summed E-state index contributed by atoms with van der Waals surface area (Å²) < 4.78 is 15.1. The van der Waals surface area contributed by atoms with Gasteiger partial charge in [-0.2, -0.15) is 4.98 Å². The zero-order chi connectivity index (χ0) is 13.5. The van der Waals surface area contributed by atoms with Gasteiger partial charge in [0.15, 0.2) is 5.82 Å². The number of hydrogen-bond acceptors (Lipinski definition) is 9. The van der Waals surface area contributed by atoms with Crippen LogP contribution in [0.5, 0.6) is 0 Å². The molecule has 0 atom stereocenters. The third kappa shape index (κ3) is 4.30. The van der Waals surface area contributed by atoms with Crippen molar-refractivity contribution < 1.29 is 13.7 Å². The average molecular weight is 268 g/mol. The lowest BCUT2D eigenvalue weighted by Crippen LogP contribution is -2.18. The molecule has 0 fully saturated rings. The zero-order valence-corrected chi connectivity index (χ0v) is 10.8. The molecule has 0 aromatic carbocycles. The molecular weight excluding hydrogens is 252 g/mol. The molecule has 2 N–H and O–H groups in total. The van der Waals surface area contributed by atoms with Crippen LogP contribution < -0.4 is 10.6 Å². The second-order valence-corrected chi connectivity index (χ2v) is 3.75. The molecule has 19 heavy (non-hydrogen) atoms. The normalized spacial score (nSPS) is 10.8. The largest absolute Gasteiger partial charge is 0.407 e. The van der Waals surface area contributed by atoms with Gasteiger partial charge in [-0.1, -0.05) is 10.3 Å².